The van der Waals surface area contributed by atoms with E-state index in [9.17, 15) is 18.8 Å². The highest BCUT2D eigenvalue weighted by Crippen LogP contribution is 2.30. The first-order chi connectivity index (χ1) is 15.3. The Bertz CT molecular complexity index is 1110. The molecule has 2 fully saturated rings. The first-order valence-corrected chi connectivity index (χ1v) is 11.2. The molecule has 0 bridgehead atoms. The van der Waals surface area contributed by atoms with Crippen molar-refractivity contribution in [3.8, 4) is 0 Å². The van der Waals surface area contributed by atoms with Crippen LogP contribution >= 0.6 is 0 Å². The summed E-state index contributed by atoms with van der Waals surface area (Å²) in [5.41, 5.74) is 2.46. The molecule has 0 radical (unpaired) electrons. The third kappa shape index (κ3) is 4.06. The molecule has 2 heterocycles. The number of nitrogens with one attached hydrogen (secondary N) is 1. The lowest BCUT2D eigenvalue weighted by molar-refractivity contribution is -0.144. The predicted octanol–water partition coefficient (Wildman–Crippen LogP) is 2.73. The van der Waals surface area contributed by atoms with E-state index in [2.05, 4.69) is 10.2 Å². The van der Waals surface area contributed by atoms with Crippen LogP contribution < -0.4 is 5.56 Å². The van der Waals surface area contributed by atoms with Crippen LogP contribution in [-0.4, -0.2) is 57.0 Å². The van der Waals surface area contributed by atoms with Crippen molar-refractivity contribution >= 4 is 11.8 Å². The number of aromatic nitrogens is 2. The Morgan fingerprint density at radius 3 is 2.62 bits per heavy atom. The molecule has 1 atom stereocenters. The summed E-state index contributed by atoms with van der Waals surface area (Å²) in [5.74, 6) is -1.13. The molecule has 8 heteroatoms. The van der Waals surface area contributed by atoms with Gasteiger partial charge in [0.1, 0.15) is 12.4 Å². The number of amides is 2. The van der Waals surface area contributed by atoms with Crippen molar-refractivity contribution in [1.82, 2.24) is 20.0 Å². The summed E-state index contributed by atoms with van der Waals surface area (Å²) in [5, 5.41) is 6.58. The van der Waals surface area contributed by atoms with E-state index in [4.69, 9.17) is 0 Å². The van der Waals surface area contributed by atoms with Crippen LogP contribution in [0.2, 0.25) is 0 Å². The third-order valence-electron chi connectivity index (χ3n) is 6.93. The monoisotopic (exact) mass is 440 g/mol. The normalized spacial score (nSPS) is 19.2. The Hall–Kier alpha value is -3.03. The zero-order chi connectivity index (χ0) is 23.0. The van der Waals surface area contributed by atoms with E-state index >= 15 is 0 Å². The first kappa shape index (κ1) is 22.2. The van der Waals surface area contributed by atoms with E-state index in [1.54, 1.807) is 13.0 Å². The van der Waals surface area contributed by atoms with Crippen molar-refractivity contribution in [3.05, 3.63) is 62.3 Å². The van der Waals surface area contributed by atoms with Crippen molar-refractivity contribution in [2.24, 2.45) is 0 Å². The van der Waals surface area contributed by atoms with E-state index in [-0.39, 0.29) is 35.7 Å². The molecule has 170 valence electrons. The average Bonchev–Trinajstić information content (AvgIpc) is 2.74. The fourth-order valence-electron chi connectivity index (χ4n) is 4.56. The second kappa shape index (κ2) is 8.84. The molecule has 4 rings (SSSR count). The molecule has 1 aromatic carbocycles. The minimum atomic E-state index is -0.608. The van der Waals surface area contributed by atoms with Crippen molar-refractivity contribution in [1.29, 1.82) is 0 Å². The lowest BCUT2D eigenvalue weighted by Crippen LogP contribution is -2.61. The standard InChI is InChI=1S/C24H29FN4O3/c1-4-17-12-28(13-22(30)29(17)18-6-5-7-18)24(32)19-10-16(8-9-20(19)25)11-21-14(2)15(3)23(31)27-26-21/h8-10,17-18H,4-7,11-13H2,1-3H3,(H,27,31)/t17-/m1/s1. The Balaban J connectivity index is 1.56. The smallest absolute Gasteiger partial charge is 0.267 e. The van der Waals surface area contributed by atoms with Crippen LogP contribution in [0, 0.1) is 19.7 Å². The molecule has 2 aliphatic rings. The van der Waals surface area contributed by atoms with Gasteiger partial charge in [0, 0.05) is 30.6 Å². The number of nitrogens with zero attached hydrogens (tertiary/aromatic N) is 3. The van der Waals surface area contributed by atoms with Gasteiger partial charge in [-0.25, -0.2) is 9.49 Å². The molecule has 2 amide bonds. The van der Waals surface area contributed by atoms with E-state index < -0.39 is 11.7 Å². The minimum absolute atomic E-state index is 0.0186. The van der Waals surface area contributed by atoms with Gasteiger partial charge in [-0.3, -0.25) is 14.4 Å². The van der Waals surface area contributed by atoms with Crippen LogP contribution in [0.1, 0.15) is 65.3 Å². The maximum absolute atomic E-state index is 14.6. The van der Waals surface area contributed by atoms with Gasteiger partial charge in [-0.2, -0.15) is 5.10 Å². The highest BCUT2D eigenvalue weighted by molar-refractivity contribution is 5.97. The van der Waals surface area contributed by atoms with E-state index in [1.165, 1.54) is 17.0 Å². The summed E-state index contributed by atoms with van der Waals surface area (Å²) < 4.78 is 14.6. The predicted molar refractivity (Wildman–Crippen MR) is 118 cm³/mol. The number of carbonyl (C=O) groups excluding carboxylic acids is 2. The van der Waals surface area contributed by atoms with Gasteiger partial charge in [-0.15, -0.1) is 0 Å². The highest BCUT2D eigenvalue weighted by Gasteiger charge is 2.40. The van der Waals surface area contributed by atoms with Crippen molar-refractivity contribution in [2.45, 2.75) is 65.0 Å². The molecule has 32 heavy (non-hydrogen) atoms. The molecule has 7 nitrogen and oxygen atoms in total. The molecule has 1 aromatic heterocycles. The molecular formula is C24H29FN4O3. The van der Waals surface area contributed by atoms with E-state index in [0.29, 0.717) is 29.8 Å². The Morgan fingerprint density at radius 2 is 1.97 bits per heavy atom. The zero-order valence-corrected chi connectivity index (χ0v) is 18.8. The maximum atomic E-state index is 14.6. The second-order valence-corrected chi connectivity index (χ2v) is 8.87. The van der Waals surface area contributed by atoms with Gasteiger partial charge in [0.05, 0.1) is 11.3 Å². The summed E-state index contributed by atoms with van der Waals surface area (Å²) >= 11 is 0. The van der Waals surface area contributed by atoms with Crippen LogP contribution in [0.3, 0.4) is 0 Å². The number of piperazine rings is 1. The Morgan fingerprint density at radius 1 is 1.22 bits per heavy atom. The molecule has 0 spiro atoms. The van der Waals surface area contributed by atoms with Gasteiger partial charge in [0.15, 0.2) is 0 Å². The fourth-order valence-corrected chi connectivity index (χ4v) is 4.56. The molecule has 1 saturated heterocycles. The van der Waals surface area contributed by atoms with E-state index in [1.807, 2.05) is 18.7 Å². The molecule has 1 aliphatic carbocycles. The number of hydrogen-bond acceptors (Lipinski definition) is 4. The minimum Gasteiger partial charge on any atom is -0.333 e. The summed E-state index contributed by atoms with van der Waals surface area (Å²) in [7, 11) is 0. The Kier molecular flexibility index (Phi) is 6.13. The summed E-state index contributed by atoms with van der Waals surface area (Å²) in [6, 6.07) is 4.67. The quantitative estimate of drug-likeness (QED) is 0.775. The average molecular weight is 441 g/mol. The number of carbonyl (C=O) groups is 2. The number of H-pyrrole nitrogens is 1. The molecule has 1 aliphatic heterocycles. The number of rotatable bonds is 5. The Labute approximate surface area is 186 Å². The van der Waals surface area contributed by atoms with Crippen molar-refractivity contribution < 1.29 is 14.0 Å². The lowest BCUT2D eigenvalue weighted by Gasteiger charge is -2.47. The number of aromatic amines is 1. The maximum Gasteiger partial charge on any atom is 0.267 e. The van der Waals surface area contributed by atoms with Gasteiger partial charge >= 0.3 is 0 Å². The highest BCUT2D eigenvalue weighted by atomic mass is 19.1. The molecule has 1 N–H and O–H groups in total. The van der Waals surface area contributed by atoms with Crippen LogP contribution in [0.15, 0.2) is 23.0 Å². The van der Waals surface area contributed by atoms with Gasteiger partial charge in [-0.05, 0) is 62.8 Å². The number of benzene rings is 1. The van der Waals surface area contributed by atoms with Gasteiger partial charge < -0.3 is 9.80 Å². The van der Waals surface area contributed by atoms with Crippen molar-refractivity contribution in [3.63, 3.8) is 0 Å². The van der Waals surface area contributed by atoms with Crippen molar-refractivity contribution in [2.75, 3.05) is 13.1 Å². The first-order valence-electron chi connectivity index (χ1n) is 11.2. The van der Waals surface area contributed by atoms with Crippen LogP contribution in [-0.2, 0) is 11.2 Å². The SMILES string of the molecule is CC[C@@H]1CN(C(=O)c2cc(Cc3n[nH]c(=O)c(C)c3C)ccc2F)CC(=O)N1C1CCC1. The lowest BCUT2D eigenvalue weighted by atomic mass is 9.89. The number of hydrogen-bond donors (Lipinski definition) is 1. The molecule has 2 aromatic rings. The topological polar surface area (TPSA) is 86.4 Å². The summed E-state index contributed by atoms with van der Waals surface area (Å²) in [4.78, 5) is 41.2. The van der Waals surface area contributed by atoms with Crippen LogP contribution in [0.25, 0.3) is 0 Å². The number of halogens is 1. The zero-order valence-electron chi connectivity index (χ0n) is 18.8. The molecule has 1 saturated carbocycles. The second-order valence-electron chi connectivity index (χ2n) is 8.87. The summed E-state index contributed by atoms with van der Waals surface area (Å²) in [6.07, 6.45) is 4.28. The van der Waals surface area contributed by atoms with E-state index in [0.717, 1.165) is 31.2 Å². The largest absolute Gasteiger partial charge is 0.333 e. The van der Waals surface area contributed by atoms with Gasteiger partial charge in [0.25, 0.3) is 11.5 Å². The molecule has 0 unspecified atom stereocenters. The summed E-state index contributed by atoms with van der Waals surface area (Å²) in [6.45, 7) is 5.96. The van der Waals surface area contributed by atoms with Crippen LogP contribution in [0.4, 0.5) is 4.39 Å². The van der Waals surface area contributed by atoms with Gasteiger partial charge in [-0.1, -0.05) is 13.0 Å². The van der Waals surface area contributed by atoms with Gasteiger partial charge in [0.2, 0.25) is 5.91 Å². The van der Waals surface area contributed by atoms with Crippen LogP contribution in [0.5, 0.6) is 0 Å². The fraction of sp³-hybridized carbons (Fsp3) is 0.500. The molecular weight excluding hydrogens is 411 g/mol. The third-order valence-corrected chi connectivity index (χ3v) is 6.93.